The van der Waals surface area contributed by atoms with Gasteiger partial charge in [-0.3, -0.25) is 14.4 Å². The molecule has 11 nitrogen and oxygen atoms in total. The van der Waals surface area contributed by atoms with Gasteiger partial charge in [0.25, 0.3) is 11.7 Å². The highest BCUT2D eigenvalue weighted by atomic mass is 16.6. The topological polar surface area (TPSA) is 149 Å². The predicted molar refractivity (Wildman–Crippen MR) is 172 cm³/mol. The fraction of sp³-hybridized carbons (Fsp3) is 0.714. The van der Waals surface area contributed by atoms with Crippen LogP contribution in [0.4, 0.5) is 0 Å². The van der Waals surface area contributed by atoms with Crippen LogP contribution in [0, 0.1) is 23.7 Å². The third-order valence-corrected chi connectivity index (χ3v) is 9.32. The molecule has 1 unspecified atom stereocenters. The van der Waals surface area contributed by atoms with Crippen LogP contribution in [0.5, 0.6) is 0 Å². The highest BCUT2D eigenvalue weighted by molar-refractivity contribution is 6.39. The first kappa shape index (κ1) is 39.5. The molecule has 0 aliphatic carbocycles. The Morgan fingerprint density at radius 2 is 1.67 bits per heavy atom. The minimum atomic E-state index is -2.31. The number of hydrogen-bond acceptors (Lipinski definition) is 10. The number of carbonyl (C=O) groups is 4. The average molecular weight is 650 g/mol. The molecule has 0 aromatic heterocycles. The van der Waals surface area contributed by atoms with Crippen LogP contribution in [-0.2, 0) is 38.1 Å². The van der Waals surface area contributed by atoms with Crippen molar-refractivity contribution < 1.29 is 48.3 Å². The van der Waals surface area contributed by atoms with Crippen molar-refractivity contribution in [2.24, 2.45) is 23.7 Å². The largest absolute Gasteiger partial charge is 0.467 e. The quantitative estimate of drug-likeness (QED) is 0.144. The van der Waals surface area contributed by atoms with Crippen LogP contribution in [0.1, 0.15) is 73.1 Å². The van der Waals surface area contributed by atoms with Crippen LogP contribution < -0.4 is 0 Å². The molecule has 2 aliphatic rings. The van der Waals surface area contributed by atoms with Crippen LogP contribution in [-0.4, -0.2) is 103 Å². The monoisotopic (exact) mass is 649 g/mol. The Balaban J connectivity index is 2.02. The van der Waals surface area contributed by atoms with Crippen molar-refractivity contribution in [3.63, 3.8) is 0 Å². The van der Waals surface area contributed by atoms with E-state index in [0.717, 1.165) is 5.57 Å². The van der Waals surface area contributed by atoms with Gasteiger partial charge in [-0.2, -0.15) is 0 Å². The molecule has 0 bridgehead atoms. The van der Waals surface area contributed by atoms with Crippen LogP contribution >= 0.6 is 0 Å². The molecule has 0 aromatic rings. The second-order valence-corrected chi connectivity index (χ2v) is 13.0. The van der Waals surface area contributed by atoms with Gasteiger partial charge < -0.3 is 34.1 Å². The van der Waals surface area contributed by atoms with Gasteiger partial charge in [-0.05, 0) is 56.4 Å². The highest BCUT2D eigenvalue weighted by Crippen LogP contribution is 2.36. The van der Waals surface area contributed by atoms with Gasteiger partial charge in [0.1, 0.15) is 12.1 Å². The van der Waals surface area contributed by atoms with Gasteiger partial charge in [0.2, 0.25) is 5.79 Å². The molecule has 2 N–H and O–H groups in total. The van der Waals surface area contributed by atoms with Gasteiger partial charge in [-0.1, -0.05) is 58.1 Å². The second kappa shape index (κ2) is 18.6. The maximum atomic E-state index is 13.5. The minimum Gasteiger partial charge on any atom is -0.467 e. The maximum Gasteiger partial charge on any atom is 0.328 e. The normalized spacial score (nSPS) is 28.6. The number of esters is 1. The highest BCUT2D eigenvalue weighted by Gasteiger charge is 2.53. The smallest absolute Gasteiger partial charge is 0.328 e. The van der Waals surface area contributed by atoms with E-state index < -0.39 is 47.6 Å². The van der Waals surface area contributed by atoms with E-state index in [2.05, 4.69) is 0 Å². The Kier molecular flexibility index (Phi) is 16.0. The first-order chi connectivity index (χ1) is 21.7. The number of likely N-dealkylation sites (tertiary alicyclic amines) is 1. The number of allylic oxidation sites excluding steroid dienone is 5. The van der Waals surface area contributed by atoms with E-state index in [-0.39, 0.29) is 42.8 Å². The third-order valence-electron chi connectivity index (χ3n) is 9.32. The summed E-state index contributed by atoms with van der Waals surface area (Å²) in [5.74, 6) is -5.55. The van der Waals surface area contributed by atoms with Gasteiger partial charge in [0.05, 0.1) is 25.9 Å². The molecule has 2 aliphatic heterocycles. The van der Waals surface area contributed by atoms with Crippen LogP contribution in [0.3, 0.4) is 0 Å². The first-order valence-corrected chi connectivity index (χ1v) is 16.3. The van der Waals surface area contributed by atoms with E-state index in [4.69, 9.17) is 18.9 Å². The van der Waals surface area contributed by atoms with Gasteiger partial charge >= 0.3 is 5.97 Å². The third kappa shape index (κ3) is 10.4. The lowest BCUT2D eigenvalue weighted by molar-refractivity contribution is -0.265. The number of methoxy groups -OCH3 is 3. The number of piperidine rings is 1. The summed E-state index contributed by atoms with van der Waals surface area (Å²) in [6.45, 7) is 9.32. The summed E-state index contributed by atoms with van der Waals surface area (Å²) in [5.41, 5.74) is 0.908. The molecule has 9 atom stereocenters. The molecule has 0 radical (unpaired) electrons. The Labute approximate surface area is 274 Å². The van der Waals surface area contributed by atoms with E-state index >= 15 is 0 Å². The number of aliphatic hydroxyl groups is 2. The van der Waals surface area contributed by atoms with Gasteiger partial charge in [-0.25, -0.2) is 4.79 Å². The Hall–Kier alpha value is -2.70. The van der Waals surface area contributed by atoms with Crippen LogP contribution in [0.15, 0.2) is 36.0 Å². The van der Waals surface area contributed by atoms with Crippen molar-refractivity contribution in [3.8, 4) is 0 Å². The number of ketones is 2. The summed E-state index contributed by atoms with van der Waals surface area (Å²) in [6.07, 6.45) is 11.0. The zero-order valence-electron chi connectivity index (χ0n) is 28.8. The Bertz CT molecular complexity index is 1130. The SMILES string of the molecule is COC(=O)[C@@H]1C[C@@H](C)CCN1C(=O)C(=O)[C@]1(O)O[C@H](C[C@H](OC)/C(C)=C/C=C/C=C/[C@@H](C)C[C@@H](C)C(=O)C(CO)OC)CC[C@H]1C. The molecule has 0 saturated carbocycles. The average Bonchev–Trinajstić information content (AvgIpc) is 3.04. The summed E-state index contributed by atoms with van der Waals surface area (Å²) >= 11 is 0. The lowest BCUT2D eigenvalue weighted by atomic mass is 9.84. The molecule has 2 fully saturated rings. The predicted octanol–water partition coefficient (Wildman–Crippen LogP) is 3.56. The number of aliphatic hydroxyl groups excluding tert-OH is 1. The van der Waals surface area contributed by atoms with Gasteiger partial charge in [-0.15, -0.1) is 0 Å². The van der Waals surface area contributed by atoms with Crippen molar-refractivity contribution in [2.45, 2.75) is 103 Å². The number of ether oxygens (including phenoxy) is 4. The molecule has 2 heterocycles. The number of hydrogen-bond donors (Lipinski definition) is 2. The van der Waals surface area contributed by atoms with Gasteiger partial charge in [0.15, 0.2) is 5.78 Å². The summed E-state index contributed by atoms with van der Waals surface area (Å²) in [5, 5.41) is 20.8. The Morgan fingerprint density at radius 3 is 2.28 bits per heavy atom. The molecule has 0 spiro atoms. The van der Waals surface area contributed by atoms with Crippen molar-refractivity contribution in [3.05, 3.63) is 36.0 Å². The van der Waals surface area contributed by atoms with E-state index in [1.54, 1.807) is 14.0 Å². The fourth-order valence-corrected chi connectivity index (χ4v) is 6.22. The molecule has 2 saturated heterocycles. The maximum absolute atomic E-state index is 13.5. The number of nitrogens with zero attached hydrogens (tertiary/aromatic N) is 1. The molecule has 11 heteroatoms. The lowest BCUT2D eigenvalue weighted by Crippen LogP contribution is -2.61. The summed E-state index contributed by atoms with van der Waals surface area (Å²) < 4.78 is 21.6. The summed E-state index contributed by atoms with van der Waals surface area (Å²) in [4.78, 5) is 52.8. The summed E-state index contributed by atoms with van der Waals surface area (Å²) in [6, 6.07) is -0.881. The van der Waals surface area contributed by atoms with Crippen molar-refractivity contribution in [2.75, 3.05) is 34.5 Å². The second-order valence-electron chi connectivity index (χ2n) is 13.0. The van der Waals surface area contributed by atoms with Crippen LogP contribution in [0.2, 0.25) is 0 Å². The van der Waals surface area contributed by atoms with E-state index in [9.17, 15) is 29.4 Å². The minimum absolute atomic E-state index is 0.111. The van der Waals surface area contributed by atoms with Crippen molar-refractivity contribution in [1.29, 1.82) is 0 Å². The molecule has 260 valence electrons. The number of rotatable bonds is 16. The van der Waals surface area contributed by atoms with E-state index in [1.807, 2.05) is 58.1 Å². The molecular weight excluding hydrogens is 594 g/mol. The zero-order chi connectivity index (χ0) is 34.6. The molecule has 1 amide bonds. The van der Waals surface area contributed by atoms with Crippen molar-refractivity contribution >= 4 is 23.4 Å². The molecular formula is C35H55NO10. The molecule has 0 aromatic carbocycles. The number of amides is 1. The first-order valence-electron chi connectivity index (χ1n) is 16.3. The van der Waals surface area contributed by atoms with Gasteiger partial charge in [0, 0.05) is 39.0 Å². The standard InChI is InChI=1S/C35H55NO10/c1-22(18-25(4)31(38)30(21-37)44-7)12-10-9-11-13-24(3)29(43-6)20-27-15-14-26(5)35(42,46-27)32(39)33(40)36-17-16-23(2)19-28(36)34(41)45-8/h9-13,22-23,25-30,37,42H,14-21H2,1-8H3/b11-9+,12-10+,24-13+/t22-,23+,25-,26-,27+,28+,29+,30?,35-/m1/s1. The number of Topliss-reactive ketones (excluding diaryl/α,β-unsaturated/α-hetero) is 2. The van der Waals surface area contributed by atoms with E-state index in [1.165, 1.54) is 19.1 Å². The summed E-state index contributed by atoms with van der Waals surface area (Å²) in [7, 11) is 4.24. The number of carbonyl (C=O) groups excluding carboxylic acids is 4. The Morgan fingerprint density at radius 1 is 1.00 bits per heavy atom. The lowest BCUT2D eigenvalue weighted by Gasteiger charge is -2.43. The molecule has 46 heavy (non-hydrogen) atoms. The van der Waals surface area contributed by atoms with E-state index in [0.29, 0.717) is 38.5 Å². The molecule has 2 rings (SSSR count). The van der Waals surface area contributed by atoms with Crippen LogP contribution in [0.25, 0.3) is 0 Å². The zero-order valence-corrected chi connectivity index (χ0v) is 28.8. The van der Waals surface area contributed by atoms with Crippen molar-refractivity contribution in [1.82, 2.24) is 4.90 Å². The fourth-order valence-electron chi connectivity index (χ4n) is 6.22.